The largest absolute Gasteiger partial charge is 0.497 e. The van der Waals surface area contributed by atoms with Crippen LogP contribution in [0.25, 0.3) is 0 Å². The van der Waals surface area contributed by atoms with Gasteiger partial charge < -0.3 is 20.5 Å². The SMILES string of the molecule is CCNC(=NCc1ccc(Cl)cc1)NCC(O)c1cccc(OC)c1. The van der Waals surface area contributed by atoms with E-state index in [0.29, 0.717) is 24.1 Å². The standard InChI is InChI=1S/C19H24ClN3O2/c1-3-21-19(22-12-14-7-9-16(20)10-8-14)23-13-18(24)15-5-4-6-17(11-15)25-2/h4-11,18,24H,3,12-13H2,1-2H3,(H2,21,22,23). The van der Waals surface area contributed by atoms with Gasteiger partial charge in [-0.1, -0.05) is 35.9 Å². The van der Waals surface area contributed by atoms with Gasteiger partial charge in [-0.3, -0.25) is 0 Å². The molecular formula is C19H24ClN3O2. The molecule has 0 amide bonds. The molecule has 0 saturated heterocycles. The number of ether oxygens (including phenoxy) is 1. The van der Waals surface area contributed by atoms with E-state index < -0.39 is 6.10 Å². The highest BCUT2D eigenvalue weighted by Crippen LogP contribution is 2.18. The normalized spacial score (nSPS) is 12.6. The molecule has 0 aliphatic carbocycles. The lowest BCUT2D eigenvalue weighted by Gasteiger charge is -2.16. The Morgan fingerprint density at radius 3 is 2.64 bits per heavy atom. The van der Waals surface area contributed by atoms with Crippen LogP contribution in [0, 0.1) is 0 Å². The Labute approximate surface area is 153 Å². The number of aliphatic hydroxyl groups excluding tert-OH is 1. The van der Waals surface area contributed by atoms with Gasteiger partial charge in [0, 0.05) is 18.1 Å². The van der Waals surface area contributed by atoms with E-state index in [9.17, 15) is 5.11 Å². The number of halogens is 1. The summed E-state index contributed by atoms with van der Waals surface area (Å²) in [4.78, 5) is 4.53. The zero-order chi connectivity index (χ0) is 18.1. The molecule has 0 heterocycles. The van der Waals surface area contributed by atoms with Crippen molar-refractivity contribution in [2.75, 3.05) is 20.2 Å². The molecule has 0 aromatic heterocycles. The Morgan fingerprint density at radius 1 is 1.20 bits per heavy atom. The fraction of sp³-hybridized carbons (Fsp3) is 0.316. The van der Waals surface area contributed by atoms with Gasteiger partial charge in [0.25, 0.3) is 0 Å². The smallest absolute Gasteiger partial charge is 0.191 e. The zero-order valence-electron chi connectivity index (χ0n) is 14.5. The van der Waals surface area contributed by atoms with Crippen molar-refractivity contribution in [1.82, 2.24) is 10.6 Å². The first-order valence-electron chi connectivity index (χ1n) is 8.21. The fourth-order valence-corrected chi connectivity index (χ4v) is 2.39. The van der Waals surface area contributed by atoms with Crippen LogP contribution in [-0.2, 0) is 6.54 Å². The average molecular weight is 362 g/mol. The molecule has 1 atom stereocenters. The molecule has 0 aliphatic rings. The van der Waals surface area contributed by atoms with Gasteiger partial charge in [0.1, 0.15) is 5.75 Å². The minimum Gasteiger partial charge on any atom is -0.497 e. The molecule has 5 nitrogen and oxygen atoms in total. The number of rotatable bonds is 7. The molecule has 0 aliphatic heterocycles. The van der Waals surface area contributed by atoms with Crippen molar-refractivity contribution in [2.24, 2.45) is 4.99 Å². The lowest BCUT2D eigenvalue weighted by molar-refractivity contribution is 0.180. The summed E-state index contributed by atoms with van der Waals surface area (Å²) in [6.45, 7) is 3.61. The van der Waals surface area contributed by atoms with Gasteiger partial charge in [0.2, 0.25) is 0 Å². The second kappa shape index (κ2) is 9.91. The van der Waals surface area contributed by atoms with Crippen LogP contribution >= 0.6 is 11.6 Å². The maximum Gasteiger partial charge on any atom is 0.191 e. The summed E-state index contributed by atoms with van der Waals surface area (Å²) in [5.74, 6) is 1.37. The average Bonchev–Trinajstić information content (AvgIpc) is 2.65. The van der Waals surface area contributed by atoms with Crippen molar-refractivity contribution >= 4 is 17.6 Å². The monoisotopic (exact) mass is 361 g/mol. The van der Waals surface area contributed by atoms with E-state index in [0.717, 1.165) is 23.4 Å². The fourth-order valence-electron chi connectivity index (χ4n) is 2.26. The maximum absolute atomic E-state index is 10.4. The van der Waals surface area contributed by atoms with Crippen molar-refractivity contribution < 1.29 is 9.84 Å². The minimum atomic E-state index is -0.658. The Bertz CT molecular complexity index is 689. The zero-order valence-corrected chi connectivity index (χ0v) is 15.3. The highest BCUT2D eigenvalue weighted by Gasteiger charge is 2.09. The van der Waals surface area contributed by atoms with E-state index in [1.165, 1.54) is 0 Å². The van der Waals surface area contributed by atoms with Crippen LogP contribution in [0.3, 0.4) is 0 Å². The quantitative estimate of drug-likeness (QED) is 0.523. The molecule has 0 spiro atoms. The number of nitrogens with one attached hydrogen (secondary N) is 2. The summed E-state index contributed by atoms with van der Waals surface area (Å²) in [5, 5.41) is 17.4. The Morgan fingerprint density at radius 2 is 1.96 bits per heavy atom. The predicted octanol–water partition coefficient (Wildman–Crippen LogP) is 3.14. The van der Waals surface area contributed by atoms with Gasteiger partial charge in [0.05, 0.1) is 19.8 Å². The summed E-state index contributed by atoms with van der Waals surface area (Å²) in [5.41, 5.74) is 1.86. The van der Waals surface area contributed by atoms with Crippen LogP contribution < -0.4 is 15.4 Å². The first-order chi connectivity index (χ1) is 12.1. The molecule has 2 aromatic carbocycles. The van der Waals surface area contributed by atoms with Gasteiger partial charge in [-0.05, 0) is 42.3 Å². The molecule has 6 heteroatoms. The molecule has 0 bridgehead atoms. The number of methoxy groups -OCH3 is 1. The number of nitrogens with zero attached hydrogens (tertiary/aromatic N) is 1. The van der Waals surface area contributed by atoms with E-state index in [1.54, 1.807) is 7.11 Å². The van der Waals surface area contributed by atoms with Gasteiger partial charge in [-0.25, -0.2) is 4.99 Å². The third-order valence-corrected chi connectivity index (χ3v) is 3.87. The van der Waals surface area contributed by atoms with Gasteiger partial charge in [-0.2, -0.15) is 0 Å². The molecule has 25 heavy (non-hydrogen) atoms. The number of aliphatic imine (C=N–C) groups is 1. The van der Waals surface area contributed by atoms with E-state index in [4.69, 9.17) is 16.3 Å². The first-order valence-corrected chi connectivity index (χ1v) is 8.58. The van der Waals surface area contributed by atoms with Crippen LogP contribution in [0.1, 0.15) is 24.2 Å². The summed E-state index contributed by atoms with van der Waals surface area (Å²) in [7, 11) is 1.61. The molecule has 1 unspecified atom stereocenters. The second-order valence-corrected chi connectivity index (χ2v) is 5.93. The van der Waals surface area contributed by atoms with Crippen LogP contribution in [0.15, 0.2) is 53.5 Å². The minimum absolute atomic E-state index is 0.347. The van der Waals surface area contributed by atoms with Crippen LogP contribution in [0.5, 0.6) is 5.75 Å². The van der Waals surface area contributed by atoms with Crippen molar-refractivity contribution in [3.8, 4) is 5.75 Å². The Balaban J connectivity index is 1.95. The highest BCUT2D eigenvalue weighted by atomic mass is 35.5. The van der Waals surface area contributed by atoms with E-state index in [2.05, 4.69) is 15.6 Å². The maximum atomic E-state index is 10.4. The molecular weight excluding hydrogens is 338 g/mol. The molecule has 0 saturated carbocycles. The lowest BCUT2D eigenvalue weighted by atomic mass is 10.1. The summed E-state index contributed by atoms with van der Waals surface area (Å²) in [6.07, 6.45) is -0.658. The van der Waals surface area contributed by atoms with Gasteiger partial charge in [-0.15, -0.1) is 0 Å². The summed E-state index contributed by atoms with van der Waals surface area (Å²) < 4.78 is 5.19. The molecule has 2 rings (SSSR count). The van der Waals surface area contributed by atoms with Crippen LogP contribution in [-0.4, -0.2) is 31.3 Å². The van der Waals surface area contributed by atoms with Crippen molar-refractivity contribution in [2.45, 2.75) is 19.6 Å². The van der Waals surface area contributed by atoms with E-state index in [1.807, 2.05) is 55.5 Å². The number of hydrogen-bond donors (Lipinski definition) is 3. The second-order valence-electron chi connectivity index (χ2n) is 5.49. The number of hydrogen-bond acceptors (Lipinski definition) is 3. The van der Waals surface area contributed by atoms with Gasteiger partial charge in [0.15, 0.2) is 5.96 Å². The Kier molecular flexibility index (Phi) is 7.57. The Hall–Kier alpha value is -2.24. The van der Waals surface area contributed by atoms with E-state index >= 15 is 0 Å². The van der Waals surface area contributed by atoms with Crippen LogP contribution in [0.4, 0.5) is 0 Å². The topological polar surface area (TPSA) is 65.9 Å². The first kappa shape index (κ1) is 19.1. The molecule has 0 fully saturated rings. The predicted molar refractivity (Wildman–Crippen MR) is 102 cm³/mol. The van der Waals surface area contributed by atoms with Gasteiger partial charge >= 0.3 is 0 Å². The third-order valence-electron chi connectivity index (χ3n) is 3.62. The van der Waals surface area contributed by atoms with Crippen molar-refractivity contribution in [3.63, 3.8) is 0 Å². The molecule has 134 valence electrons. The number of guanidine groups is 1. The lowest BCUT2D eigenvalue weighted by Crippen LogP contribution is -2.39. The molecule has 3 N–H and O–H groups in total. The molecule has 0 radical (unpaired) electrons. The van der Waals surface area contributed by atoms with Crippen molar-refractivity contribution in [3.05, 3.63) is 64.7 Å². The summed E-state index contributed by atoms with van der Waals surface area (Å²) >= 11 is 5.89. The number of benzene rings is 2. The van der Waals surface area contributed by atoms with Crippen molar-refractivity contribution in [1.29, 1.82) is 0 Å². The van der Waals surface area contributed by atoms with Crippen LogP contribution in [0.2, 0.25) is 5.02 Å². The summed E-state index contributed by atoms with van der Waals surface area (Å²) in [6, 6.07) is 15.0. The number of aliphatic hydroxyl groups is 1. The van der Waals surface area contributed by atoms with E-state index in [-0.39, 0.29) is 0 Å². The third kappa shape index (κ3) is 6.29. The highest BCUT2D eigenvalue weighted by molar-refractivity contribution is 6.30. The molecule has 2 aromatic rings.